The van der Waals surface area contributed by atoms with Crippen molar-refractivity contribution >= 4 is 22.1 Å². The van der Waals surface area contributed by atoms with Crippen LogP contribution in [-0.4, -0.2) is 27.6 Å². The highest BCUT2D eigenvalue weighted by molar-refractivity contribution is 7.89. The molecule has 0 fully saturated rings. The van der Waals surface area contributed by atoms with Crippen molar-refractivity contribution in [3.05, 3.63) is 125 Å². The largest absolute Gasteiger partial charge is 0.493 e. The van der Waals surface area contributed by atoms with E-state index in [9.17, 15) is 13.2 Å². The van der Waals surface area contributed by atoms with Gasteiger partial charge in [-0.15, -0.1) is 0 Å². The molecule has 1 amide bonds. The van der Waals surface area contributed by atoms with Gasteiger partial charge in [-0.3, -0.25) is 4.79 Å². The number of sulfonamides is 1. The van der Waals surface area contributed by atoms with Crippen LogP contribution in [0.5, 0.6) is 11.5 Å². The Kier molecular flexibility index (Phi) is 9.66. The van der Waals surface area contributed by atoms with Gasteiger partial charge in [0.2, 0.25) is 15.9 Å². The third-order valence-electron chi connectivity index (χ3n) is 6.05. The van der Waals surface area contributed by atoms with Crippen molar-refractivity contribution in [2.24, 2.45) is 5.10 Å². The first-order chi connectivity index (χ1) is 19.3. The highest BCUT2D eigenvalue weighted by Crippen LogP contribution is 2.28. The molecule has 1 atom stereocenters. The lowest BCUT2D eigenvalue weighted by molar-refractivity contribution is -0.121. The van der Waals surface area contributed by atoms with Crippen molar-refractivity contribution in [2.75, 3.05) is 7.11 Å². The van der Waals surface area contributed by atoms with Crippen LogP contribution >= 0.6 is 0 Å². The highest BCUT2D eigenvalue weighted by Gasteiger charge is 2.23. The van der Waals surface area contributed by atoms with Crippen LogP contribution in [0.15, 0.2) is 113 Å². The number of ether oxygens (including phenoxy) is 2. The van der Waals surface area contributed by atoms with Gasteiger partial charge in [-0.2, -0.15) is 5.10 Å². The second-order valence-electron chi connectivity index (χ2n) is 9.08. The van der Waals surface area contributed by atoms with Crippen LogP contribution in [0, 0.1) is 6.92 Å². The standard InChI is InChI=1S/C31H31N3O5S/c1-23-13-16-27(17-14-23)40(36,37)34-28(26-11-7-4-8-12-26)20-31(35)33-32-21-25-15-18-29(30(19-25)38-2)39-22-24-9-5-3-6-10-24/h3-19,21,28,34H,20,22H2,1-2H3,(H,33,35)/b32-21-/t28-/m1/s1. The number of methoxy groups -OCH3 is 1. The zero-order chi connectivity index (χ0) is 28.4. The van der Waals surface area contributed by atoms with Gasteiger partial charge in [-0.1, -0.05) is 78.4 Å². The Balaban J connectivity index is 1.40. The van der Waals surface area contributed by atoms with Gasteiger partial charge >= 0.3 is 0 Å². The van der Waals surface area contributed by atoms with Crippen molar-refractivity contribution in [1.82, 2.24) is 10.1 Å². The first-order valence-corrected chi connectivity index (χ1v) is 14.1. The quantitative estimate of drug-likeness (QED) is 0.185. The maximum absolute atomic E-state index is 13.0. The summed E-state index contributed by atoms with van der Waals surface area (Å²) >= 11 is 0. The molecule has 4 aromatic carbocycles. The molecule has 0 spiro atoms. The van der Waals surface area contributed by atoms with Gasteiger partial charge in [-0.25, -0.2) is 18.6 Å². The second-order valence-corrected chi connectivity index (χ2v) is 10.8. The summed E-state index contributed by atoms with van der Waals surface area (Å²) in [6, 6.07) is 29.8. The van der Waals surface area contributed by atoms with Crippen LogP contribution in [0.3, 0.4) is 0 Å². The van der Waals surface area contributed by atoms with Gasteiger partial charge in [0, 0.05) is 6.42 Å². The van der Waals surface area contributed by atoms with E-state index in [2.05, 4.69) is 15.2 Å². The van der Waals surface area contributed by atoms with Gasteiger partial charge in [0.25, 0.3) is 0 Å². The monoisotopic (exact) mass is 557 g/mol. The van der Waals surface area contributed by atoms with E-state index < -0.39 is 22.0 Å². The number of benzene rings is 4. The normalized spacial score (nSPS) is 12.2. The van der Waals surface area contributed by atoms with E-state index in [1.165, 1.54) is 18.3 Å². The first-order valence-electron chi connectivity index (χ1n) is 12.6. The van der Waals surface area contributed by atoms with E-state index in [-0.39, 0.29) is 11.3 Å². The molecule has 4 aromatic rings. The Labute approximate surface area is 234 Å². The van der Waals surface area contributed by atoms with Gasteiger partial charge < -0.3 is 9.47 Å². The summed E-state index contributed by atoms with van der Waals surface area (Å²) in [5.74, 6) is 0.659. The topological polar surface area (TPSA) is 106 Å². The van der Waals surface area contributed by atoms with Crippen molar-refractivity contribution in [1.29, 1.82) is 0 Å². The Hall–Kier alpha value is -4.47. The summed E-state index contributed by atoms with van der Waals surface area (Å²) in [4.78, 5) is 12.9. The number of hydrogen-bond donors (Lipinski definition) is 2. The Morgan fingerprint density at radius 2 is 1.57 bits per heavy atom. The van der Waals surface area contributed by atoms with E-state index >= 15 is 0 Å². The SMILES string of the molecule is COc1cc(/C=N\NC(=O)C[C@@H](NS(=O)(=O)c2ccc(C)cc2)c2ccccc2)ccc1OCc1ccccc1. The van der Waals surface area contributed by atoms with Crippen LogP contribution in [0.25, 0.3) is 0 Å². The smallest absolute Gasteiger partial charge is 0.242 e. The fourth-order valence-corrected chi connectivity index (χ4v) is 5.14. The van der Waals surface area contributed by atoms with Crippen LogP contribution in [0.4, 0.5) is 0 Å². The minimum Gasteiger partial charge on any atom is -0.493 e. The lowest BCUT2D eigenvalue weighted by Crippen LogP contribution is -2.32. The summed E-state index contributed by atoms with van der Waals surface area (Å²) in [7, 11) is -2.31. The van der Waals surface area contributed by atoms with Crippen LogP contribution in [0.2, 0.25) is 0 Å². The van der Waals surface area contributed by atoms with E-state index in [0.717, 1.165) is 11.1 Å². The van der Waals surface area contributed by atoms with Gasteiger partial charge in [-0.05, 0) is 53.9 Å². The molecule has 0 saturated carbocycles. The zero-order valence-electron chi connectivity index (χ0n) is 22.3. The molecule has 4 rings (SSSR count). The van der Waals surface area contributed by atoms with Crippen molar-refractivity contribution in [3.63, 3.8) is 0 Å². The molecule has 40 heavy (non-hydrogen) atoms. The summed E-state index contributed by atoms with van der Waals surface area (Å²) in [6.45, 7) is 2.28. The fourth-order valence-electron chi connectivity index (χ4n) is 3.91. The molecule has 0 aliphatic heterocycles. The zero-order valence-corrected chi connectivity index (χ0v) is 23.1. The number of carbonyl (C=O) groups excluding carboxylic acids is 1. The Morgan fingerprint density at radius 1 is 0.900 bits per heavy atom. The molecule has 0 aliphatic carbocycles. The third-order valence-corrected chi connectivity index (χ3v) is 7.54. The molecule has 0 unspecified atom stereocenters. The third kappa shape index (κ3) is 8.02. The molecule has 8 nitrogen and oxygen atoms in total. The van der Waals surface area contributed by atoms with E-state index in [0.29, 0.717) is 29.2 Å². The maximum atomic E-state index is 13.0. The summed E-state index contributed by atoms with van der Waals surface area (Å²) < 4.78 is 40.0. The molecule has 0 bridgehead atoms. The van der Waals surface area contributed by atoms with Crippen molar-refractivity contribution in [3.8, 4) is 11.5 Å². The average Bonchev–Trinajstić information content (AvgIpc) is 2.97. The number of nitrogens with one attached hydrogen (secondary N) is 2. The van der Waals surface area contributed by atoms with Crippen LogP contribution < -0.4 is 19.6 Å². The van der Waals surface area contributed by atoms with Crippen molar-refractivity contribution < 1.29 is 22.7 Å². The second kappa shape index (κ2) is 13.5. The van der Waals surface area contributed by atoms with Crippen LogP contribution in [0.1, 0.15) is 34.7 Å². The number of hydrazone groups is 1. The first kappa shape index (κ1) is 28.5. The minimum absolute atomic E-state index is 0.127. The summed E-state index contributed by atoms with van der Waals surface area (Å²) in [5.41, 5.74) is 5.81. The Morgan fingerprint density at radius 3 is 2.25 bits per heavy atom. The van der Waals surface area contributed by atoms with Gasteiger partial charge in [0.15, 0.2) is 11.5 Å². The molecule has 206 valence electrons. The molecule has 9 heteroatoms. The number of amides is 1. The van der Waals surface area contributed by atoms with Crippen LogP contribution in [-0.2, 0) is 21.4 Å². The van der Waals surface area contributed by atoms with E-state index in [1.807, 2.05) is 43.3 Å². The number of nitrogens with zero attached hydrogens (tertiary/aromatic N) is 1. The molecule has 0 saturated heterocycles. The average molecular weight is 558 g/mol. The minimum atomic E-state index is -3.86. The number of rotatable bonds is 12. The Bertz CT molecular complexity index is 1540. The molecule has 0 heterocycles. The molecular weight excluding hydrogens is 526 g/mol. The lowest BCUT2D eigenvalue weighted by atomic mass is 10.0. The molecule has 0 aromatic heterocycles. The molecular formula is C31H31N3O5S. The molecule has 2 N–H and O–H groups in total. The van der Waals surface area contributed by atoms with E-state index in [1.54, 1.807) is 61.7 Å². The van der Waals surface area contributed by atoms with Gasteiger partial charge in [0.1, 0.15) is 6.61 Å². The lowest BCUT2D eigenvalue weighted by Gasteiger charge is -2.18. The summed E-state index contributed by atoms with van der Waals surface area (Å²) in [6.07, 6.45) is 1.33. The predicted molar refractivity (Wildman–Crippen MR) is 155 cm³/mol. The molecule has 0 aliphatic rings. The fraction of sp³-hybridized carbons (Fsp3) is 0.161. The van der Waals surface area contributed by atoms with Crippen molar-refractivity contribution in [2.45, 2.75) is 30.9 Å². The molecule has 0 radical (unpaired) electrons. The van der Waals surface area contributed by atoms with Gasteiger partial charge in [0.05, 0.1) is 24.3 Å². The number of hydrogen-bond acceptors (Lipinski definition) is 6. The number of carbonyl (C=O) groups is 1. The predicted octanol–water partition coefficient (Wildman–Crippen LogP) is 5.14. The number of aryl methyl sites for hydroxylation is 1. The van der Waals surface area contributed by atoms with E-state index in [4.69, 9.17) is 9.47 Å². The maximum Gasteiger partial charge on any atom is 0.242 e. The summed E-state index contributed by atoms with van der Waals surface area (Å²) in [5, 5.41) is 4.05. The highest BCUT2D eigenvalue weighted by atomic mass is 32.2.